The molecule has 2 N–H and O–H groups in total. The van der Waals surface area contributed by atoms with Gasteiger partial charge >= 0.3 is 5.97 Å². The number of thiazole rings is 1. The lowest BCUT2D eigenvalue weighted by Crippen LogP contribution is -2.13. The van der Waals surface area contributed by atoms with Crippen LogP contribution in [0, 0.1) is 6.92 Å². The van der Waals surface area contributed by atoms with E-state index in [2.05, 4.69) is 14.7 Å². The number of aryl methyl sites for hydroxylation is 1. The van der Waals surface area contributed by atoms with Crippen molar-refractivity contribution in [1.29, 1.82) is 0 Å². The lowest BCUT2D eigenvalue weighted by molar-refractivity contribution is 0.0595. The minimum Gasteiger partial charge on any atom is -0.464 e. The van der Waals surface area contributed by atoms with Crippen LogP contribution < -0.4 is 5.73 Å². The molecule has 1 unspecified atom stereocenters. The molecule has 0 saturated heterocycles. The Balaban J connectivity index is 2.46. The van der Waals surface area contributed by atoms with Crippen LogP contribution in [-0.2, 0) is 4.74 Å². The van der Waals surface area contributed by atoms with Gasteiger partial charge in [-0.05, 0) is 13.8 Å². The number of nitrogen functional groups attached to an aromatic ring is 1. The smallest absolute Gasteiger partial charge is 0.360 e. The summed E-state index contributed by atoms with van der Waals surface area (Å²) in [6.45, 7) is 3.76. The van der Waals surface area contributed by atoms with Crippen LogP contribution in [0.4, 0.5) is 5.82 Å². The zero-order valence-corrected chi connectivity index (χ0v) is 11.2. The number of hydrogen-bond donors (Lipinski definition) is 1. The van der Waals surface area contributed by atoms with Crippen molar-refractivity contribution in [3.63, 3.8) is 0 Å². The van der Waals surface area contributed by atoms with E-state index in [0.717, 1.165) is 5.01 Å². The van der Waals surface area contributed by atoms with E-state index in [-0.39, 0.29) is 11.7 Å². The van der Waals surface area contributed by atoms with Crippen molar-refractivity contribution in [2.24, 2.45) is 0 Å². The molecular formula is C11H14N4O2S. The molecule has 96 valence electrons. The predicted molar refractivity (Wildman–Crippen MR) is 68.6 cm³/mol. The first-order valence-corrected chi connectivity index (χ1v) is 6.26. The highest BCUT2D eigenvalue weighted by molar-refractivity contribution is 7.09. The summed E-state index contributed by atoms with van der Waals surface area (Å²) in [7, 11) is 1.31. The number of carbonyl (C=O) groups excluding carboxylic acids is 1. The van der Waals surface area contributed by atoms with Gasteiger partial charge in [0.25, 0.3) is 0 Å². The maximum Gasteiger partial charge on any atom is 0.360 e. The number of hydrogen-bond acceptors (Lipinski definition) is 6. The van der Waals surface area contributed by atoms with Crippen LogP contribution in [0.3, 0.4) is 0 Å². The van der Waals surface area contributed by atoms with E-state index in [0.29, 0.717) is 11.6 Å². The van der Waals surface area contributed by atoms with Gasteiger partial charge in [-0.25, -0.2) is 14.8 Å². The molecule has 0 saturated carbocycles. The van der Waals surface area contributed by atoms with E-state index in [4.69, 9.17) is 5.73 Å². The highest BCUT2D eigenvalue weighted by Crippen LogP contribution is 2.26. The standard InChI is InChI=1S/C11H14N4O2S/c1-6(10-13-4-5-18-10)15-7(2)14-8(9(15)12)11(16)17-3/h4-6H,12H2,1-3H3. The maximum atomic E-state index is 11.5. The van der Waals surface area contributed by atoms with Gasteiger partial charge in [-0.1, -0.05) is 0 Å². The van der Waals surface area contributed by atoms with Gasteiger partial charge in [0.2, 0.25) is 0 Å². The molecule has 0 spiro atoms. The fraction of sp³-hybridized carbons (Fsp3) is 0.364. The molecule has 0 aliphatic heterocycles. The third-order valence-corrected chi connectivity index (χ3v) is 3.65. The van der Waals surface area contributed by atoms with E-state index in [9.17, 15) is 4.79 Å². The number of aromatic nitrogens is 3. The van der Waals surface area contributed by atoms with Crippen LogP contribution in [0.1, 0.15) is 34.3 Å². The molecule has 0 aromatic carbocycles. The monoisotopic (exact) mass is 266 g/mol. The van der Waals surface area contributed by atoms with Crippen molar-refractivity contribution in [2.45, 2.75) is 19.9 Å². The number of ether oxygens (including phenoxy) is 1. The zero-order valence-electron chi connectivity index (χ0n) is 10.4. The molecule has 0 bridgehead atoms. The van der Waals surface area contributed by atoms with Crippen LogP contribution in [0.25, 0.3) is 0 Å². The second-order valence-corrected chi connectivity index (χ2v) is 4.73. The summed E-state index contributed by atoms with van der Waals surface area (Å²) in [6, 6.07) is -0.0593. The fourth-order valence-electron chi connectivity index (χ4n) is 1.85. The molecular weight excluding hydrogens is 252 g/mol. The molecule has 0 fully saturated rings. The quantitative estimate of drug-likeness (QED) is 0.854. The Labute approximate surface area is 108 Å². The number of carbonyl (C=O) groups is 1. The zero-order chi connectivity index (χ0) is 13.3. The second-order valence-electron chi connectivity index (χ2n) is 3.80. The van der Waals surface area contributed by atoms with Crippen LogP contribution in [0.15, 0.2) is 11.6 Å². The van der Waals surface area contributed by atoms with Gasteiger partial charge in [0, 0.05) is 11.6 Å². The molecule has 2 heterocycles. The van der Waals surface area contributed by atoms with Crippen LogP contribution >= 0.6 is 11.3 Å². The van der Waals surface area contributed by atoms with Gasteiger partial charge in [-0.2, -0.15) is 0 Å². The highest BCUT2D eigenvalue weighted by atomic mass is 32.1. The largest absolute Gasteiger partial charge is 0.464 e. The third-order valence-electron chi connectivity index (χ3n) is 2.70. The Morgan fingerprint density at radius 2 is 2.33 bits per heavy atom. The van der Waals surface area contributed by atoms with Crippen molar-refractivity contribution in [1.82, 2.24) is 14.5 Å². The molecule has 1 atom stereocenters. The lowest BCUT2D eigenvalue weighted by atomic mass is 10.3. The number of imidazole rings is 1. The van der Waals surface area contributed by atoms with Gasteiger partial charge < -0.3 is 15.0 Å². The lowest BCUT2D eigenvalue weighted by Gasteiger charge is -2.14. The molecule has 0 aliphatic rings. The summed E-state index contributed by atoms with van der Waals surface area (Å²) in [5, 5.41) is 2.81. The second kappa shape index (κ2) is 4.77. The van der Waals surface area contributed by atoms with Gasteiger partial charge in [-0.15, -0.1) is 11.3 Å². The van der Waals surface area contributed by atoms with Crippen molar-refractivity contribution in [2.75, 3.05) is 12.8 Å². The Morgan fingerprint density at radius 1 is 1.61 bits per heavy atom. The minimum absolute atomic E-state index is 0.0593. The maximum absolute atomic E-state index is 11.5. The molecule has 0 amide bonds. The average molecular weight is 266 g/mol. The molecule has 7 heteroatoms. The van der Waals surface area contributed by atoms with Crippen LogP contribution in [0.2, 0.25) is 0 Å². The van der Waals surface area contributed by atoms with Gasteiger partial charge in [0.15, 0.2) is 5.69 Å². The average Bonchev–Trinajstić information content (AvgIpc) is 2.96. The van der Waals surface area contributed by atoms with Crippen molar-refractivity contribution in [3.8, 4) is 0 Å². The van der Waals surface area contributed by atoms with Gasteiger partial charge in [0.1, 0.15) is 16.6 Å². The van der Waals surface area contributed by atoms with Gasteiger partial charge in [0.05, 0.1) is 13.2 Å². The molecule has 18 heavy (non-hydrogen) atoms. The first-order chi connectivity index (χ1) is 8.56. The molecule has 6 nitrogen and oxygen atoms in total. The van der Waals surface area contributed by atoms with Crippen molar-refractivity contribution < 1.29 is 9.53 Å². The number of nitrogens with two attached hydrogens (primary N) is 1. The molecule has 2 aromatic heterocycles. The topological polar surface area (TPSA) is 83.0 Å². The van der Waals surface area contributed by atoms with E-state index >= 15 is 0 Å². The first-order valence-electron chi connectivity index (χ1n) is 5.38. The summed E-state index contributed by atoms with van der Waals surface area (Å²) in [6.07, 6.45) is 1.74. The van der Waals surface area contributed by atoms with Crippen molar-refractivity contribution >= 4 is 23.1 Å². The van der Waals surface area contributed by atoms with Gasteiger partial charge in [-0.3, -0.25) is 0 Å². The third kappa shape index (κ3) is 1.97. The number of methoxy groups -OCH3 is 1. The number of anilines is 1. The predicted octanol–water partition coefficient (Wildman–Crippen LogP) is 1.63. The van der Waals surface area contributed by atoms with Crippen molar-refractivity contribution in [3.05, 3.63) is 28.1 Å². The summed E-state index contributed by atoms with van der Waals surface area (Å²) >= 11 is 1.54. The highest BCUT2D eigenvalue weighted by Gasteiger charge is 2.23. The SMILES string of the molecule is COC(=O)c1nc(C)n(C(C)c2nccs2)c1N. The van der Waals surface area contributed by atoms with Crippen LogP contribution in [0.5, 0.6) is 0 Å². The first kappa shape index (κ1) is 12.6. The summed E-state index contributed by atoms with van der Waals surface area (Å²) in [5.74, 6) is 0.443. The molecule has 0 radical (unpaired) electrons. The minimum atomic E-state index is -0.527. The number of esters is 1. The number of nitrogens with zero attached hydrogens (tertiary/aromatic N) is 3. The molecule has 0 aliphatic carbocycles. The Kier molecular flexibility index (Phi) is 3.33. The molecule has 2 rings (SSSR count). The Hall–Kier alpha value is -1.89. The summed E-state index contributed by atoms with van der Waals surface area (Å²) in [4.78, 5) is 19.9. The Morgan fingerprint density at radius 3 is 2.89 bits per heavy atom. The normalized spacial score (nSPS) is 12.4. The Bertz CT molecular complexity index is 562. The van der Waals surface area contributed by atoms with E-state index in [1.165, 1.54) is 18.4 Å². The summed E-state index contributed by atoms with van der Waals surface area (Å²) in [5.41, 5.74) is 6.12. The van der Waals surface area contributed by atoms with Crippen LogP contribution in [-0.4, -0.2) is 27.6 Å². The molecule has 2 aromatic rings. The number of rotatable bonds is 3. The fourth-order valence-corrected chi connectivity index (χ4v) is 2.53. The van der Waals surface area contributed by atoms with E-state index < -0.39 is 5.97 Å². The van der Waals surface area contributed by atoms with E-state index in [1.807, 2.05) is 12.3 Å². The van der Waals surface area contributed by atoms with E-state index in [1.54, 1.807) is 17.7 Å². The summed E-state index contributed by atoms with van der Waals surface area (Å²) < 4.78 is 6.43.